The van der Waals surface area contributed by atoms with Gasteiger partial charge in [-0.05, 0) is 6.42 Å². The molecule has 0 saturated heterocycles. The maximum Gasteiger partial charge on any atom is 0.332 e. The summed E-state index contributed by atoms with van der Waals surface area (Å²) in [6.45, 7) is 3.22. The van der Waals surface area contributed by atoms with Gasteiger partial charge in [-0.2, -0.15) is 0 Å². The number of nitrogens with one attached hydrogen (secondary N) is 1. The van der Waals surface area contributed by atoms with Crippen LogP contribution in [0.2, 0.25) is 0 Å². The van der Waals surface area contributed by atoms with Crippen LogP contribution < -0.4 is 16.6 Å². The summed E-state index contributed by atoms with van der Waals surface area (Å²) in [6.07, 6.45) is 2.39. The Bertz CT molecular complexity index is 744. The van der Waals surface area contributed by atoms with Crippen LogP contribution in [0.3, 0.4) is 0 Å². The lowest BCUT2D eigenvalue weighted by molar-refractivity contribution is 0.238. The highest BCUT2D eigenvalue weighted by molar-refractivity contribution is 5.85. The molecule has 1 atom stereocenters. The normalized spacial score (nSPS) is 12.4. The molecule has 0 aliphatic heterocycles. The average Bonchev–Trinajstić information content (AvgIpc) is 2.91. The van der Waals surface area contributed by atoms with Crippen LogP contribution in [-0.4, -0.2) is 43.0 Å². The molecule has 0 aromatic carbocycles. The fourth-order valence-corrected chi connectivity index (χ4v) is 2.29. The monoisotopic (exact) mass is 331 g/mol. The predicted octanol–water partition coefficient (Wildman–Crippen LogP) is -0.784. The van der Waals surface area contributed by atoms with E-state index in [1.165, 1.54) is 11.6 Å². The Hall–Kier alpha value is -1.64. The second-order valence-electron chi connectivity index (χ2n) is 5.06. The molecule has 2 aromatic heterocycles. The molecule has 22 heavy (non-hydrogen) atoms. The van der Waals surface area contributed by atoms with Gasteiger partial charge in [0.15, 0.2) is 11.2 Å². The Kier molecular flexibility index (Phi) is 6.34. The van der Waals surface area contributed by atoms with Crippen molar-refractivity contribution in [2.24, 2.45) is 14.1 Å². The van der Waals surface area contributed by atoms with Crippen molar-refractivity contribution in [1.82, 2.24) is 24.0 Å². The summed E-state index contributed by atoms with van der Waals surface area (Å²) >= 11 is 0. The molecule has 2 N–H and O–H groups in total. The van der Waals surface area contributed by atoms with Gasteiger partial charge in [0.1, 0.15) is 0 Å². The lowest BCUT2D eigenvalue weighted by Gasteiger charge is -2.14. The minimum Gasteiger partial charge on any atom is -0.395 e. The molecule has 0 amide bonds. The van der Waals surface area contributed by atoms with Crippen molar-refractivity contribution in [3.63, 3.8) is 0 Å². The molecule has 9 heteroatoms. The zero-order valence-corrected chi connectivity index (χ0v) is 13.8. The van der Waals surface area contributed by atoms with Crippen LogP contribution in [0.15, 0.2) is 15.9 Å². The Morgan fingerprint density at radius 2 is 2.00 bits per heavy atom. The molecule has 0 unspecified atom stereocenters. The minimum absolute atomic E-state index is 0. The Balaban J connectivity index is 0.00000242. The summed E-state index contributed by atoms with van der Waals surface area (Å²) < 4.78 is 4.17. The first kappa shape index (κ1) is 18.4. The number of hydrogen-bond acceptors (Lipinski definition) is 5. The zero-order valence-electron chi connectivity index (χ0n) is 12.9. The third-order valence-electron chi connectivity index (χ3n) is 3.72. The van der Waals surface area contributed by atoms with Gasteiger partial charge >= 0.3 is 5.69 Å². The molecule has 0 fully saturated rings. The van der Waals surface area contributed by atoms with Gasteiger partial charge in [0.2, 0.25) is 0 Å². The minimum atomic E-state index is -0.387. The van der Waals surface area contributed by atoms with E-state index in [1.807, 2.05) is 6.92 Å². The third kappa shape index (κ3) is 3.23. The van der Waals surface area contributed by atoms with Gasteiger partial charge in [0.25, 0.3) is 5.56 Å². The Labute approximate surface area is 133 Å². The first-order valence-corrected chi connectivity index (χ1v) is 6.96. The molecule has 0 aliphatic carbocycles. The SMILES string of the molecule is CC[C@H](CO)NCCn1cnc2c1c(=O)n(C)c(=O)n2C.Cl. The largest absolute Gasteiger partial charge is 0.395 e. The Morgan fingerprint density at radius 3 is 2.59 bits per heavy atom. The van der Waals surface area contributed by atoms with Crippen LogP contribution in [0.4, 0.5) is 0 Å². The smallest absolute Gasteiger partial charge is 0.332 e. The molecule has 0 bridgehead atoms. The second-order valence-corrected chi connectivity index (χ2v) is 5.06. The fraction of sp³-hybridized carbons (Fsp3) is 0.615. The van der Waals surface area contributed by atoms with Crippen molar-refractivity contribution in [2.45, 2.75) is 25.9 Å². The second kappa shape index (κ2) is 7.57. The van der Waals surface area contributed by atoms with Crippen molar-refractivity contribution in [1.29, 1.82) is 0 Å². The summed E-state index contributed by atoms with van der Waals surface area (Å²) in [5, 5.41) is 12.3. The fourth-order valence-electron chi connectivity index (χ4n) is 2.29. The van der Waals surface area contributed by atoms with Crippen LogP contribution in [0.1, 0.15) is 13.3 Å². The molecule has 2 rings (SSSR count). The van der Waals surface area contributed by atoms with E-state index in [4.69, 9.17) is 5.11 Å². The van der Waals surface area contributed by atoms with Gasteiger partial charge in [0.05, 0.1) is 12.9 Å². The van der Waals surface area contributed by atoms with Gasteiger partial charge in [-0.15, -0.1) is 12.4 Å². The summed E-state index contributed by atoms with van der Waals surface area (Å²) in [7, 11) is 3.05. The first-order valence-electron chi connectivity index (χ1n) is 6.96. The molecule has 0 saturated carbocycles. The molecule has 0 radical (unpaired) electrons. The average molecular weight is 332 g/mol. The quantitative estimate of drug-likeness (QED) is 0.724. The molecular formula is C13H22ClN5O3. The molecule has 2 heterocycles. The number of imidazole rings is 1. The third-order valence-corrected chi connectivity index (χ3v) is 3.72. The zero-order chi connectivity index (χ0) is 15.6. The molecular weight excluding hydrogens is 310 g/mol. The van der Waals surface area contributed by atoms with Crippen molar-refractivity contribution in [3.05, 3.63) is 27.2 Å². The number of nitrogens with zero attached hydrogens (tertiary/aromatic N) is 4. The summed E-state index contributed by atoms with van der Waals surface area (Å²) in [6, 6.07) is 0.0481. The van der Waals surface area contributed by atoms with Crippen LogP contribution in [0.25, 0.3) is 11.2 Å². The number of fused-ring (bicyclic) bond motifs is 1. The highest BCUT2D eigenvalue weighted by atomic mass is 35.5. The summed E-state index contributed by atoms with van der Waals surface area (Å²) in [5.74, 6) is 0. The van der Waals surface area contributed by atoms with E-state index in [0.29, 0.717) is 24.3 Å². The standard InChI is InChI=1S/C13H21N5O3.ClH/c1-4-9(7-19)14-5-6-18-8-15-11-10(18)12(20)17(3)13(21)16(11)2;/h8-9,14,19H,4-7H2,1-3H3;1H/t9-;/m1./s1. The van der Waals surface area contributed by atoms with E-state index in [0.717, 1.165) is 11.0 Å². The number of halogens is 1. The van der Waals surface area contributed by atoms with Crippen molar-refractivity contribution in [3.8, 4) is 0 Å². The van der Waals surface area contributed by atoms with E-state index < -0.39 is 0 Å². The number of aliphatic hydroxyl groups excluding tert-OH is 1. The van der Waals surface area contributed by atoms with E-state index in [9.17, 15) is 9.59 Å². The van der Waals surface area contributed by atoms with Crippen molar-refractivity contribution in [2.75, 3.05) is 13.2 Å². The molecule has 2 aromatic rings. The van der Waals surface area contributed by atoms with Crippen molar-refractivity contribution >= 4 is 23.6 Å². The van der Waals surface area contributed by atoms with Crippen LogP contribution in [0.5, 0.6) is 0 Å². The van der Waals surface area contributed by atoms with E-state index in [1.54, 1.807) is 17.9 Å². The van der Waals surface area contributed by atoms with Crippen LogP contribution >= 0.6 is 12.4 Å². The van der Waals surface area contributed by atoms with E-state index in [-0.39, 0.29) is 36.3 Å². The summed E-state index contributed by atoms with van der Waals surface area (Å²) in [5.41, 5.74) is 0.0674. The number of aromatic nitrogens is 4. The van der Waals surface area contributed by atoms with Crippen LogP contribution in [0, 0.1) is 0 Å². The highest BCUT2D eigenvalue weighted by Crippen LogP contribution is 2.04. The lowest BCUT2D eigenvalue weighted by atomic mass is 10.2. The van der Waals surface area contributed by atoms with Gasteiger partial charge in [-0.1, -0.05) is 6.92 Å². The Morgan fingerprint density at radius 1 is 1.32 bits per heavy atom. The molecule has 8 nitrogen and oxygen atoms in total. The molecule has 0 spiro atoms. The number of rotatable bonds is 6. The molecule has 0 aliphatic rings. The number of aryl methyl sites for hydroxylation is 1. The maximum atomic E-state index is 12.2. The topological polar surface area (TPSA) is 94.1 Å². The highest BCUT2D eigenvalue weighted by Gasteiger charge is 2.14. The van der Waals surface area contributed by atoms with Crippen LogP contribution in [-0.2, 0) is 20.6 Å². The van der Waals surface area contributed by atoms with E-state index >= 15 is 0 Å². The predicted molar refractivity (Wildman–Crippen MR) is 86.6 cm³/mol. The first-order chi connectivity index (χ1) is 10.0. The van der Waals surface area contributed by atoms with Gasteiger partial charge in [-0.3, -0.25) is 13.9 Å². The maximum absolute atomic E-state index is 12.2. The number of hydrogen-bond donors (Lipinski definition) is 2. The molecule has 124 valence electrons. The van der Waals surface area contributed by atoms with Gasteiger partial charge < -0.3 is 15.0 Å². The van der Waals surface area contributed by atoms with Crippen molar-refractivity contribution < 1.29 is 5.11 Å². The number of aliphatic hydroxyl groups is 1. The summed E-state index contributed by atoms with van der Waals surface area (Å²) in [4.78, 5) is 28.2. The van der Waals surface area contributed by atoms with E-state index in [2.05, 4.69) is 10.3 Å². The lowest BCUT2D eigenvalue weighted by Crippen LogP contribution is -2.38. The van der Waals surface area contributed by atoms with Gasteiger partial charge in [-0.25, -0.2) is 9.78 Å². The van der Waals surface area contributed by atoms with Gasteiger partial charge in [0, 0.05) is 33.2 Å².